The largest absolute Gasteiger partial charge is 0.444 e. The molecule has 0 spiro atoms. The van der Waals surface area contributed by atoms with Crippen LogP contribution in [0, 0.1) is 5.82 Å². The summed E-state index contributed by atoms with van der Waals surface area (Å²) < 4.78 is 20.6. The van der Waals surface area contributed by atoms with E-state index < -0.39 is 5.60 Å². The number of hydrogen-bond donors (Lipinski definition) is 1. The van der Waals surface area contributed by atoms with Gasteiger partial charge in [-0.25, -0.2) is 13.9 Å². The van der Waals surface area contributed by atoms with Crippen molar-refractivity contribution < 1.29 is 13.9 Å². The Morgan fingerprint density at radius 3 is 2.41 bits per heavy atom. The highest BCUT2D eigenvalue weighted by molar-refractivity contribution is 5.90. The van der Waals surface area contributed by atoms with Crippen LogP contribution in [0.15, 0.2) is 24.3 Å². The van der Waals surface area contributed by atoms with Crippen LogP contribution in [0.3, 0.4) is 0 Å². The number of carbonyl (C=O) groups is 1. The highest BCUT2D eigenvalue weighted by Crippen LogP contribution is 2.28. The number of carbonyl (C=O) groups excluding carboxylic acids is 1. The van der Waals surface area contributed by atoms with Gasteiger partial charge in [0.15, 0.2) is 5.65 Å². The molecule has 0 atom stereocenters. The zero-order chi connectivity index (χ0) is 24.5. The molecule has 3 heterocycles. The molecule has 1 fully saturated rings. The number of hydrogen-bond acceptors (Lipinski definition) is 7. The van der Waals surface area contributed by atoms with Crippen molar-refractivity contribution in [1.29, 1.82) is 0 Å². The Kier molecular flexibility index (Phi) is 6.58. The van der Waals surface area contributed by atoms with Crippen LogP contribution in [-0.4, -0.2) is 62.5 Å². The Labute approximate surface area is 198 Å². The van der Waals surface area contributed by atoms with E-state index in [9.17, 15) is 9.18 Å². The molecule has 2 aromatic heterocycles. The van der Waals surface area contributed by atoms with Gasteiger partial charge in [0.2, 0.25) is 5.95 Å². The third kappa shape index (κ3) is 5.21. The lowest BCUT2D eigenvalue weighted by molar-refractivity contribution is 0.0240. The molecule has 1 aliphatic heterocycles. The lowest BCUT2D eigenvalue weighted by Crippen LogP contribution is -2.50. The van der Waals surface area contributed by atoms with Gasteiger partial charge in [-0.15, -0.1) is 0 Å². The summed E-state index contributed by atoms with van der Waals surface area (Å²) in [7, 11) is 1.88. The Bertz CT molecular complexity index is 1160. The van der Waals surface area contributed by atoms with Crippen LogP contribution >= 0.6 is 0 Å². The number of aromatic nitrogens is 4. The van der Waals surface area contributed by atoms with Crippen LogP contribution in [0.1, 0.15) is 39.0 Å². The number of piperazine rings is 1. The first-order valence-electron chi connectivity index (χ1n) is 11.6. The third-order valence-electron chi connectivity index (χ3n) is 5.67. The van der Waals surface area contributed by atoms with Crippen LogP contribution in [-0.2, 0) is 24.8 Å². The second kappa shape index (κ2) is 9.44. The first-order chi connectivity index (χ1) is 16.1. The molecule has 1 aromatic carbocycles. The van der Waals surface area contributed by atoms with Crippen molar-refractivity contribution >= 4 is 28.9 Å². The Morgan fingerprint density at radius 2 is 1.79 bits per heavy atom. The van der Waals surface area contributed by atoms with E-state index in [4.69, 9.17) is 14.7 Å². The summed E-state index contributed by atoms with van der Waals surface area (Å²) >= 11 is 0. The SMILES string of the molecule is CCc1nn(C)c2nc(N3CCN(C(=O)OC(C)(C)C)CC3)nc(NCc3ccc(F)cc3)c12. The molecule has 0 unspecified atom stereocenters. The molecule has 0 radical (unpaired) electrons. The van der Waals surface area contributed by atoms with E-state index in [0.29, 0.717) is 44.5 Å². The maximum Gasteiger partial charge on any atom is 0.410 e. The van der Waals surface area contributed by atoms with Crippen molar-refractivity contribution in [2.24, 2.45) is 7.05 Å². The normalized spacial score (nSPS) is 14.5. The van der Waals surface area contributed by atoms with Crippen LogP contribution < -0.4 is 10.2 Å². The third-order valence-corrected chi connectivity index (χ3v) is 5.67. The van der Waals surface area contributed by atoms with Gasteiger partial charge >= 0.3 is 6.09 Å². The molecule has 10 heteroatoms. The molecule has 1 saturated heterocycles. The molecule has 0 bridgehead atoms. The summed E-state index contributed by atoms with van der Waals surface area (Å²) in [6, 6.07) is 6.40. The number of ether oxygens (including phenoxy) is 1. The lowest BCUT2D eigenvalue weighted by Gasteiger charge is -2.35. The number of nitrogens with one attached hydrogen (secondary N) is 1. The number of aryl methyl sites for hydroxylation is 2. The van der Waals surface area contributed by atoms with Gasteiger partial charge in [0, 0.05) is 39.8 Å². The van der Waals surface area contributed by atoms with Crippen LogP contribution in [0.4, 0.5) is 21.0 Å². The maximum atomic E-state index is 13.3. The van der Waals surface area contributed by atoms with Crippen molar-refractivity contribution in [3.63, 3.8) is 0 Å². The predicted molar refractivity (Wildman–Crippen MR) is 129 cm³/mol. The van der Waals surface area contributed by atoms with Gasteiger partial charge in [0.05, 0.1) is 11.1 Å². The molecule has 4 rings (SSSR count). The fourth-order valence-corrected chi connectivity index (χ4v) is 3.94. The highest BCUT2D eigenvalue weighted by atomic mass is 19.1. The summed E-state index contributed by atoms with van der Waals surface area (Å²) in [5, 5.41) is 8.93. The summed E-state index contributed by atoms with van der Waals surface area (Å²) in [5.41, 5.74) is 2.09. The predicted octanol–water partition coefficient (Wildman–Crippen LogP) is 3.73. The second-order valence-electron chi connectivity index (χ2n) is 9.43. The van der Waals surface area contributed by atoms with Gasteiger partial charge in [0.25, 0.3) is 0 Å². The number of fused-ring (bicyclic) bond motifs is 1. The number of anilines is 2. The summed E-state index contributed by atoms with van der Waals surface area (Å²) in [6.07, 6.45) is 0.448. The smallest absolute Gasteiger partial charge is 0.410 e. The number of amides is 1. The van der Waals surface area contributed by atoms with E-state index >= 15 is 0 Å². The zero-order valence-corrected chi connectivity index (χ0v) is 20.4. The van der Waals surface area contributed by atoms with Gasteiger partial charge in [-0.05, 0) is 44.9 Å². The summed E-state index contributed by atoms with van der Waals surface area (Å²) in [6.45, 7) is 10.4. The Hall–Kier alpha value is -3.43. The fraction of sp³-hybridized carbons (Fsp3) is 0.500. The molecule has 0 aliphatic carbocycles. The van der Waals surface area contributed by atoms with Gasteiger partial charge < -0.3 is 19.9 Å². The summed E-state index contributed by atoms with van der Waals surface area (Å²) in [5.74, 6) is 1.02. The quantitative estimate of drug-likeness (QED) is 0.609. The Balaban J connectivity index is 1.57. The van der Waals surface area contributed by atoms with E-state index in [0.717, 1.165) is 28.7 Å². The lowest BCUT2D eigenvalue weighted by atomic mass is 10.2. The molecule has 34 heavy (non-hydrogen) atoms. The number of benzene rings is 1. The van der Waals surface area contributed by atoms with Crippen molar-refractivity contribution in [3.8, 4) is 0 Å². The summed E-state index contributed by atoms with van der Waals surface area (Å²) in [4.78, 5) is 25.9. The number of nitrogens with zero attached hydrogens (tertiary/aromatic N) is 6. The van der Waals surface area contributed by atoms with Gasteiger partial charge in [-0.1, -0.05) is 19.1 Å². The first-order valence-corrected chi connectivity index (χ1v) is 11.6. The van der Waals surface area contributed by atoms with Crippen molar-refractivity contribution in [2.45, 2.75) is 46.3 Å². The molecule has 3 aromatic rings. The minimum absolute atomic E-state index is 0.262. The molecular formula is C24H32FN7O2. The molecule has 1 N–H and O–H groups in total. The average molecular weight is 470 g/mol. The van der Waals surface area contributed by atoms with Gasteiger partial charge in [-0.3, -0.25) is 0 Å². The number of rotatable bonds is 5. The van der Waals surface area contributed by atoms with E-state index in [2.05, 4.69) is 22.2 Å². The molecular weight excluding hydrogens is 437 g/mol. The van der Waals surface area contributed by atoms with Crippen molar-refractivity contribution in [3.05, 3.63) is 41.3 Å². The molecule has 1 amide bonds. The first kappa shape index (κ1) is 23.7. The molecule has 182 valence electrons. The monoisotopic (exact) mass is 469 g/mol. The average Bonchev–Trinajstić information content (AvgIpc) is 3.13. The molecule has 9 nitrogen and oxygen atoms in total. The molecule has 1 aliphatic rings. The topological polar surface area (TPSA) is 88.4 Å². The van der Waals surface area contributed by atoms with Gasteiger partial charge in [0.1, 0.15) is 17.2 Å². The minimum atomic E-state index is -0.524. The second-order valence-corrected chi connectivity index (χ2v) is 9.43. The maximum absolute atomic E-state index is 13.3. The van der Waals surface area contributed by atoms with Gasteiger partial charge in [-0.2, -0.15) is 15.1 Å². The van der Waals surface area contributed by atoms with E-state index in [1.807, 2.05) is 27.8 Å². The van der Waals surface area contributed by atoms with E-state index in [1.165, 1.54) is 12.1 Å². The van der Waals surface area contributed by atoms with Crippen molar-refractivity contribution in [2.75, 3.05) is 36.4 Å². The zero-order valence-electron chi connectivity index (χ0n) is 20.4. The number of halogens is 1. The van der Waals surface area contributed by atoms with E-state index in [-0.39, 0.29) is 11.9 Å². The fourth-order valence-electron chi connectivity index (χ4n) is 3.94. The van der Waals surface area contributed by atoms with Crippen LogP contribution in [0.25, 0.3) is 11.0 Å². The van der Waals surface area contributed by atoms with E-state index in [1.54, 1.807) is 21.7 Å². The standard InChI is InChI=1S/C24H32FN7O2/c1-6-18-19-20(26-15-16-7-9-17(25)10-8-16)27-22(28-21(19)30(5)29-18)31-11-13-32(14-12-31)23(33)34-24(2,3)4/h7-10H,6,11-15H2,1-5H3,(H,26,27,28). The minimum Gasteiger partial charge on any atom is -0.444 e. The highest BCUT2D eigenvalue weighted by Gasteiger charge is 2.28. The Morgan fingerprint density at radius 1 is 1.12 bits per heavy atom. The van der Waals surface area contributed by atoms with Crippen LogP contribution in [0.5, 0.6) is 0 Å². The van der Waals surface area contributed by atoms with Crippen LogP contribution in [0.2, 0.25) is 0 Å². The molecule has 0 saturated carbocycles. The van der Waals surface area contributed by atoms with Crippen molar-refractivity contribution in [1.82, 2.24) is 24.6 Å².